The van der Waals surface area contributed by atoms with Crippen molar-refractivity contribution in [3.8, 4) is 0 Å². The molecule has 1 aliphatic rings. The Hall–Kier alpha value is -1.30. The van der Waals surface area contributed by atoms with Crippen molar-refractivity contribution < 1.29 is 14.7 Å². The highest BCUT2D eigenvalue weighted by molar-refractivity contribution is 5.74. The number of carboxylic acids is 1. The number of carboxylic acid groups (broad SMARTS) is 1. The van der Waals surface area contributed by atoms with Crippen molar-refractivity contribution >= 4 is 12.0 Å². The van der Waals surface area contributed by atoms with E-state index in [2.05, 4.69) is 10.6 Å². The van der Waals surface area contributed by atoms with Gasteiger partial charge in [-0.3, -0.25) is 4.79 Å². The van der Waals surface area contributed by atoms with Gasteiger partial charge in [-0.15, -0.1) is 0 Å². The van der Waals surface area contributed by atoms with Crippen LogP contribution < -0.4 is 10.6 Å². The number of likely N-dealkylation sites (N-methyl/N-ethyl adjacent to an activating group) is 1. The molecule has 1 rings (SSSR count). The molecule has 2 unspecified atom stereocenters. The lowest BCUT2D eigenvalue weighted by molar-refractivity contribution is -0.144. The van der Waals surface area contributed by atoms with Gasteiger partial charge in [0.15, 0.2) is 0 Å². The molecule has 3 N–H and O–H groups in total. The van der Waals surface area contributed by atoms with E-state index in [1.165, 1.54) is 0 Å². The lowest BCUT2D eigenvalue weighted by atomic mass is 9.79. The molecule has 0 aromatic heterocycles. The molecule has 6 heteroatoms. The van der Waals surface area contributed by atoms with Gasteiger partial charge in [0.2, 0.25) is 0 Å². The second-order valence-electron chi connectivity index (χ2n) is 5.43. The van der Waals surface area contributed by atoms with E-state index in [1.807, 2.05) is 19.0 Å². The fourth-order valence-corrected chi connectivity index (χ4v) is 2.46. The third-order valence-electron chi connectivity index (χ3n) is 3.60. The van der Waals surface area contributed by atoms with E-state index in [1.54, 1.807) is 0 Å². The molecule has 1 fully saturated rings. The minimum absolute atomic E-state index is 0.0610. The average molecular weight is 271 g/mol. The molecular formula is C13H25N3O3. The van der Waals surface area contributed by atoms with Crippen molar-refractivity contribution in [3.63, 3.8) is 0 Å². The van der Waals surface area contributed by atoms with Crippen LogP contribution in [-0.4, -0.2) is 55.7 Å². The summed E-state index contributed by atoms with van der Waals surface area (Å²) in [7, 11) is 3.89. The van der Waals surface area contributed by atoms with Gasteiger partial charge in [-0.2, -0.15) is 0 Å². The zero-order valence-electron chi connectivity index (χ0n) is 11.8. The maximum Gasteiger partial charge on any atom is 0.314 e. The minimum atomic E-state index is -0.737. The quantitative estimate of drug-likeness (QED) is 0.665. The van der Waals surface area contributed by atoms with Gasteiger partial charge in [0.05, 0.1) is 5.92 Å². The maximum absolute atomic E-state index is 11.6. The molecule has 0 heterocycles. The molecule has 0 spiro atoms. The smallest absolute Gasteiger partial charge is 0.314 e. The van der Waals surface area contributed by atoms with Crippen LogP contribution in [0, 0.1) is 11.8 Å². The van der Waals surface area contributed by atoms with Crippen LogP contribution in [0.3, 0.4) is 0 Å². The van der Waals surface area contributed by atoms with Crippen molar-refractivity contribution in [2.75, 3.05) is 33.7 Å². The summed E-state index contributed by atoms with van der Waals surface area (Å²) in [6.07, 6.45) is 3.64. The Kier molecular flexibility index (Phi) is 6.62. The highest BCUT2D eigenvalue weighted by Crippen LogP contribution is 2.29. The topological polar surface area (TPSA) is 81.7 Å². The lowest BCUT2D eigenvalue weighted by Gasteiger charge is -2.28. The van der Waals surface area contributed by atoms with Crippen LogP contribution in [-0.2, 0) is 4.79 Å². The molecule has 1 aliphatic carbocycles. The number of amides is 2. The van der Waals surface area contributed by atoms with E-state index in [0.29, 0.717) is 13.1 Å². The first kappa shape index (κ1) is 15.8. The minimum Gasteiger partial charge on any atom is -0.481 e. The molecule has 0 radical (unpaired) electrons. The van der Waals surface area contributed by atoms with Crippen molar-refractivity contribution in [1.29, 1.82) is 0 Å². The summed E-state index contributed by atoms with van der Waals surface area (Å²) < 4.78 is 0. The SMILES string of the molecule is CN(C)CCNC(=O)NCC1CCCCC1C(=O)O. The van der Waals surface area contributed by atoms with Gasteiger partial charge in [0, 0.05) is 19.6 Å². The van der Waals surface area contributed by atoms with E-state index in [0.717, 1.165) is 32.2 Å². The number of aliphatic carboxylic acids is 1. The molecule has 0 aromatic rings. The van der Waals surface area contributed by atoms with Gasteiger partial charge in [0.1, 0.15) is 0 Å². The third-order valence-corrected chi connectivity index (χ3v) is 3.60. The number of rotatable bonds is 6. The summed E-state index contributed by atoms with van der Waals surface area (Å²) in [5.41, 5.74) is 0. The predicted molar refractivity (Wildman–Crippen MR) is 73.0 cm³/mol. The van der Waals surface area contributed by atoms with Gasteiger partial charge >= 0.3 is 12.0 Å². The number of nitrogens with zero attached hydrogens (tertiary/aromatic N) is 1. The Balaban J connectivity index is 2.26. The first-order valence-corrected chi connectivity index (χ1v) is 6.90. The molecule has 2 amide bonds. The monoisotopic (exact) mass is 271 g/mol. The van der Waals surface area contributed by atoms with Gasteiger partial charge in [0.25, 0.3) is 0 Å². The second kappa shape index (κ2) is 7.99. The lowest BCUT2D eigenvalue weighted by Crippen LogP contribution is -2.43. The van der Waals surface area contributed by atoms with Crippen LogP contribution in [0.15, 0.2) is 0 Å². The molecule has 6 nitrogen and oxygen atoms in total. The first-order chi connectivity index (χ1) is 9.00. The standard InChI is InChI=1S/C13H25N3O3/c1-16(2)8-7-14-13(19)15-9-10-5-3-4-6-11(10)12(17)18/h10-11H,3-9H2,1-2H3,(H,17,18)(H2,14,15,19). The molecule has 0 bridgehead atoms. The van der Waals surface area contributed by atoms with E-state index >= 15 is 0 Å². The first-order valence-electron chi connectivity index (χ1n) is 6.90. The summed E-state index contributed by atoms with van der Waals surface area (Å²) in [5, 5.41) is 14.7. The Morgan fingerprint density at radius 2 is 1.89 bits per heavy atom. The molecule has 2 atom stereocenters. The predicted octanol–water partition coefficient (Wildman–Crippen LogP) is 0.738. The molecule has 1 saturated carbocycles. The van der Waals surface area contributed by atoms with Crippen LogP contribution in [0.4, 0.5) is 4.79 Å². The Labute approximate surface area is 114 Å². The number of carbonyl (C=O) groups excluding carboxylic acids is 1. The number of hydrogen-bond acceptors (Lipinski definition) is 3. The van der Waals surface area contributed by atoms with Crippen molar-refractivity contribution in [3.05, 3.63) is 0 Å². The normalized spacial score (nSPS) is 23.1. The zero-order chi connectivity index (χ0) is 14.3. The number of carbonyl (C=O) groups is 2. The number of hydrogen-bond donors (Lipinski definition) is 3. The van der Waals surface area contributed by atoms with E-state index in [9.17, 15) is 9.59 Å². The fraction of sp³-hybridized carbons (Fsp3) is 0.846. The summed E-state index contributed by atoms with van der Waals surface area (Å²) >= 11 is 0. The molecule has 0 aliphatic heterocycles. The third kappa shape index (κ3) is 5.92. The van der Waals surface area contributed by atoms with Crippen LogP contribution in [0.5, 0.6) is 0 Å². The van der Waals surface area contributed by atoms with Gasteiger partial charge < -0.3 is 20.6 Å². The molecule has 0 saturated heterocycles. The van der Waals surface area contributed by atoms with Gasteiger partial charge in [-0.25, -0.2) is 4.79 Å². The Morgan fingerprint density at radius 1 is 1.21 bits per heavy atom. The Morgan fingerprint density at radius 3 is 2.53 bits per heavy atom. The highest BCUT2D eigenvalue weighted by atomic mass is 16.4. The molecule has 0 aromatic carbocycles. The van der Waals surface area contributed by atoms with E-state index in [4.69, 9.17) is 5.11 Å². The van der Waals surface area contributed by atoms with Gasteiger partial charge in [-0.05, 0) is 32.9 Å². The van der Waals surface area contributed by atoms with E-state index < -0.39 is 5.97 Å². The zero-order valence-corrected chi connectivity index (χ0v) is 11.8. The molecule has 19 heavy (non-hydrogen) atoms. The number of urea groups is 1. The summed E-state index contributed by atoms with van der Waals surface area (Å²) in [4.78, 5) is 24.7. The summed E-state index contributed by atoms with van der Waals surface area (Å²) in [6.45, 7) is 1.82. The largest absolute Gasteiger partial charge is 0.481 e. The van der Waals surface area contributed by atoms with Crippen LogP contribution in [0.25, 0.3) is 0 Å². The highest BCUT2D eigenvalue weighted by Gasteiger charge is 2.30. The van der Waals surface area contributed by atoms with Crippen LogP contribution >= 0.6 is 0 Å². The Bertz CT molecular complexity index is 308. The van der Waals surface area contributed by atoms with Gasteiger partial charge in [-0.1, -0.05) is 12.8 Å². The van der Waals surface area contributed by atoms with Crippen molar-refractivity contribution in [2.24, 2.45) is 11.8 Å². The van der Waals surface area contributed by atoms with E-state index in [-0.39, 0.29) is 17.9 Å². The maximum atomic E-state index is 11.6. The average Bonchev–Trinajstić information content (AvgIpc) is 2.36. The van der Waals surface area contributed by atoms with Crippen LogP contribution in [0.2, 0.25) is 0 Å². The summed E-state index contributed by atoms with van der Waals surface area (Å²) in [6, 6.07) is -0.212. The van der Waals surface area contributed by atoms with Crippen LogP contribution in [0.1, 0.15) is 25.7 Å². The van der Waals surface area contributed by atoms with Crippen molar-refractivity contribution in [1.82, 2.24) is 15.5 Å². The second-order valence-corrected chi connectivity index (χ2v) is 5.43. The summed E-state index contributed by atoms with van der Waals surface area (Å²) in [5.74, 6) is -0.985. The van der Waals surface area contributed by atoms with Crippen molar-refractivity contribution in [2.45, 2.75) is 25.7 Å². The molecular weight excluding hydrogens is 246 g/mol. The fourth-order valence-electron chi connectivity index (χ4n) is 2.46. The number of nitrogens with one attached hydrogen (secondary N) is 2. The molecule has 110 valence electrons.